The van der Waals surface area contributed by atoms with Crippen molar-refractivity contribution in [2.45, 2.75) is 26.4 Å². The van der Waals surface area contributed by atoms with Gasteiger partial charge in [-0.3, -0.25) is 14.2 Å². The van der Waals surface area contributed by atoms with E-state index in [4.69, 9.17) is 17.1 Å². The Morgan fingerprint density at radius 3 is 2.55 bits per heavy atom. The second kappa shape index (κ2) is 5.60. The molecule has 0 saturated heterocycles. The number of aromatic nitrogens is 2. The van der Waals surface area contributed by atoms with E-state index in [0.29, 0.717) is 10.5 Å². The van der Waals surface area contributed by atoms with Gasteiger partial charge in [0.15, 0.2) is 4.77 Å². The lowest BCUT2D eigenvalue weighted by Crippen LogP contribution is -2.34. The third kappa shape index (κ3) is 3.34. The molecule has 0 aliphatic rings. The molecule has 0 aliphatic carbocycles. The number of nitrogens with one attached hydrogen (secondary N) is 2. The van der Waals surface area contributed by atoms with Gasteiger partial charge in [-0.2, -0.15) is 0 Å². The summed E-state index contributed by atoms with van der Waals surface area (Å²) >= 11 is 5.22. The summed E-state index contributed by atoms with van der Waals surface area (Å²) in [6.07, 6.45) is 1.57. The number of carbonyl (C=O) groups is 1. The summed E-state index contributed by atoms with van der Waals surface area (Å²) in [5.41, 5.74) is 3.19. The number of imidazole rings is 1. The highest BCUT2D eigenvalue weighted by Gasteiger charge is 2.17. The molecule has 0 bridgehead atoms. The van der Waals surface area contributed by atoms with Crippen molar-refractivity contribution in [3.8, 4) is 5.69 Å². The standard InChI is InChI=1S/C14H17N3O2S/c1-14(2,3)19-16-12(18)11-9-15-13(20)17(11)10-7-5-4-6-8-10/h4-9H,1-3H3,(H,15,20)(H,16,18). The number of hydroxylamine groups is 1. The molecule has 1 aromatic heterocycles. The maximum absolute atomic E-state index is 12.2. The van der Waals surface area contributed by atoms with Crippen molar-refractivity contribution in [2.75, 3.05) is 0 Å². The summed E-state index contributed by atoms with van der Waals surface area (Å²) in [6, 6.07) is 9.44. The molecular formula is C14H17N3O2S. The largest absolute Gasteiger partial charge is 0.336 e. The van der Waals surface area contributed by atoms with Crippen LogP contribution in [0.4, 0.5) is 0 Å². The van der Waals surface area contributed by atoms with E-state index in [1.54, 1.807) is 10.8 Å². The van der Waals surface area contributed by atoms with Crippen LogP contribution in [0.15, 0.2) is 36.5 Å². The molecule has 0 aliphatic heterocycles. The predicted molar refractivity (Wildman–Crippen MR) is 79.3 cm³/mol. The molecule has 0 spiro atoms. The van der Waals surface area contributed by atoms with Crippen molar-refractivity contribution >= 4 is 18.1 Å². The summed E-state index contributed by atoms with van der Waals surface area (Å²) in [5, 5.41) is 0. The van der Waals surface area contributed by atoms with E-state index in [2.05, 4.69) is 10.5 Å². The van der Waals surface area contributed by atoms with Crippen LogP contribution in [0.3, 0.4) is 0 Å². The van der Waals surface area contributed by atoms with Crippen LogP contribution in [0.2, 0.25) is 0 Å². The molecule has 2 N–H and O–H groups in total. The van der Waals surface area contributed by atoms with Crippen LogP contribution in [0.1, 0.15) is 31.3 Å². The number of hydrogen-bond donors (Lipinski definition) is 2. The average molecular weight is 291 g/mol. The molecule has 2 aromatic rings. The van der Waals surface area contributed by atoms with Gasteiger partial charge in [0.1, 0.15) is 5.69 Å². The molecule has 6 heteroatoms. The number of aromatic amines is 1. The zero-order valence-electron chi connectivity index (χ0n) is 11.6. The number of nitrogens with zero attached hydrogens (tertiary/aromatic N) is 1. The Morgan fingerprint density at radius 2 is 1.95 bits per heavy atom. The lowest BCUT2D eigenvalue weighted by Gasteiger charge is -2.19. The Morgan fingerprint density at radius 1 is 1.30 bits per heavy atom. The predicted octanol–water partition coefficient (Wildman–Crippen LogP) is 2.99. The molecule has 0 radical (unpaired) electrons. The summed E-state index contributed by atoms with van der Waals surface area (Å²) in [7, 11) is 0. The second-order valence-electron chi connectivity index (χ2n) is 5.30. The van der Waals surface area contributed by atoms with Crippen molar-refractivity contribution in [2.24, 2.45) is 0 Å². The zero-order chi connectivity index (χ0) is 14.8. The molecule has 1 amide bonds. The monoisotopic (exact) mass is 291 g/mol. The first-order chi connectivity index (χ1) is 9.38. The lowest BCUT2D eigenvalue weighted by molar-refractivity contribution is -0.0592. The van der Waals surface area contributed by atoms with Crippen molar-refractivity contribution in [3.63, 3.8) is 0 Å². The third-order valence-electron chi connectivity index (χ3n) is 2.47. The number of hydrogen-bond acceptors (Lipinski definition) is 3. The Kier molecular flexibility index (Phi) is 4.06. The third-order valence-corrected chi connectivity index (χ3v) is 2.77. The molecule has 0 saturated carbocycles. The Hall–Kier alpha value is -1.92. The van der Waals surface area contributed by atoms with Gasteiger partial charge in [-0.25, -0.2) is 5.48 Å². The average Bonchev–Trinajstić information content (AvgIpc) is 2.78. The van der Waals surface area contributed by atoms with E-state index in [9.17, 15) is 4.79 Å². The number of benzene rings is 1. The van der Waals surface area contributed by atoms with Gasteiger partial charge in [0.25, 0.3) is 5.91 Å². The molecular weight excluding hydrogens is 274 g/mol. The normalized spacial score (nSPS) is 11.3. The maximum Gasteiger partial charge on any atom is 0.293 e. The van der Waals surface area contributed by atoms with E-state index in [-0.39, 0.29) is 5.91 Å². The molecule has 0 fully saturated rings. The fraction of sp³-hybridized carbons (Fsp3) is 0.286. The molecule has 1 aromatic carbocycles. The highest BCUT2D eigenvalue weighted by molar-refractivity contribution is 7.71. The SMILES string of the molecule is CC(C)(C)ONC(=O)c1c[nH]c(=S)n1-c1ccccc1. The van der Waals surface area contributed by atoms with Gasteiger partial charge >= 0.3 is 0 Å². The maximum atomic E-state index is 12.2. The van der Waals surface area contributed by atoms with Crippen molar-refractivity contribution in [3.05, 3.63) is 47.0 Å². The Bertz CT molecular complexity index is 653. The van der Waals surface area contributed by atoms with Crippen LogP contribution in [0, 0.1) is 4.77 Å². The van der Waals surface area contributed by atoms with Gasteiger partial charge in [0.05, 0.1) is 5.60 Å². The van der Waals surface area contributed by atoms with Crippen LogP contribution in [-0.2, 0) is 4.84 Å². The van der Waals surface area contributed by atoms with Gasteiger partial charge in [-0.15, -0.1) is 0 Å². The van der Waals surface area contributed by atoms with Crippen LogP contribution < -0.4 is 5.48 Å². The minimum Gasteiger partial charge on any atom is -0.336 e. The van der Waals surface area contributed by atoms with Gasteiger partial charge < -0.3 is 4.98 Å². The number of amides is 1. The van der Waals surface area contributed by atoms with Crippen LogP contribution in [0.5, 0.6) is 0 Å². The van der Waals surface area contributed by atoms with E-state index < -0.39 is 5.60 Å². The highest BCUT2D eigenvalue weighted by Crippen LogP contribution is 2.13. The van der Waals surface area contributed by atoms with E-state index >= 15 is 0 Å². The smallest absolute Gasteiger partial charge is 0.293 e. The summed E-state index contributed by atoms with van der Waals surface area (Å²) in [5.74, 6) is -0.351. The highest BCUT2D eigenvalue weighted by atomic mass is 32.1. The van der Waals surface area contributed by atoms with Crippen molar-refractivity contribution in [1.82, 2.24) is 15.0 Å². The van der Waals surface area contributed by atoms with E-state index in [0.717, 1.165) is 5.69 Å². The lowest BCUT2D eigenvalue weighted by atomic mass is 10.2. The molecule has 1 heterocycles. The van der Waals surface area contributed by atoms with Gasteiger partial charge in [-0.1, -0.05) is 18.2 Å². The molecule has 2 rings (SSSR count). The molecule has 0 unspecified atom stereocenters. The van der Waals surface area contributed by atoms with Crippen molar-refractivity contribution in [1.29, 1.82) is 0 Å². The quantitative estimate of drug-likeness (QED) is 0.675. The summed E-state index contributed by atoms with van der Waals surface area (Å²) < 4.78 is 2.12. The minimum atomic E-state index is -0.458. The minimum absolute atomic E-state index is 0.351. The first kappa shape index (κ1) is 14.5. The molecule has 5 nitrogen and oxygen atoms in total. The number of para-hydroxylation sites is 1. The van der Waals surface area contributed by atoms with Crippen LogP contribution in [0.25, 0.3) is 5.69 Å². The molecule has 20 heavy (non-hydrogen) atoms. The number of rotatable bonds is 3. The number of carbonyl (C=O) groups excluding carboxylic acids is 1. The fourth-order valence-corrected chi connectivity index (χ4v) is 1.88. The first-order valence-corrected chi connectivity index (χ1v) is 6.63. The molecule has 106 valence electrons. The number of H-pyrrole nitrogens is 1. The van der Waals surface area contributed by atoms with E-state index in [1.807, 2.05) is 51.1 Å². The first-order valence-electron chi connectivity index (χ1n) is 6.23. The van der Waals surface area contributed by atoms with Gasteiger partial charge in [0.2, 0.25) is 0 Å². The fourth-order valence-electron chi connectivity index (χ4n) is 1.62. The van der Waals surface area contributed by atoms with Crippen LogP contribution in [-0.4, -0.2) is 21.1 Å². The zero-order valence-corrected chi connectivity index (χ0v) is 12.5. The summed E-state index contributed by atoms with van der Waals surface area (Å²) in [4.78, 5) is 20.3. The van der Waals surface area contributed by atoms with Crippen molar-refractivity contribution < 1.29 is 9.63 Å². The topological polar surface area (TPSA) is 59.0 Å². The van der Waals surface area contributed by atoms with Crippen LogP contribution >= 0.6 is 12.2 Å². The molecule has 0 atom stereocenters. The second-order valence-corrected chi connectivity index (χ2v) is 5.68. The van der Waals surface area contributed by atoms with Gasteiger partial charge in [0, 0.05) is 11.9 Å². The summed E-state index contributed by atoms with van der Waals surface area (Å²) in [6.45, 7) is 5.57. The van der Waals surface area contributed by atoms with E-state index in [1.165, 1.54) is 0 Å². The Balaban J connectivity index is 2.30. The Labute approximate surface area is 122 Å². The van der Waals surface area contributed by atoms with Gasteiger partial charge in [-0.05, 0) is 45.1 Å².